The van der Waals surface area contributed by atoms with Crippen LogP contribution >= 0.6 is 0 Å². The Hall–Kier alpha value is -0.590. The molecule has 0 aromatic carbocycles. The molecule has 0 amide bonds. The number of carbonyl (C=O) groups is 1. The van der Waals surface area contributed by atoms with Crippen LogP contribution in [-0.2, 0) is 4.79 Å². The van der Waals surface area contributed by atoms with Gasteiger partial charge in [0.15, 0.2) is 5.78 Å². The highest BCUT2D eigenvalue weighted by atomic mass is 16.1. The van der Waals surface area contributed by atoms with Crippen molar-refractivity contribution < 1.29 is 4.79 Å². The summed E-state index contributed by atoms with van der Waals surface area (Å²) in [6.45, 7) is 0. The first-order valence-corrected chi connectivity index (χ1v) is 4.58. The molecule has 2 fully saturated rings. The van der Waals surface area contributed by atoms with Crippen LogP contribution in [0.5, 0.6) is 0 Å². The fourth-order valence-corrected chi connectivity index (χ4v) is 3.11. The maximum atomic E-state index is 11.5. The second kappa shape index (κ2) is 1.77. The van der Waals surface area contributed by atoms with E-state index in [1.54, 1.807) is 0 Å². The normalized spacial score (nSPS) is 46.4. The zero-order valence-electron chi connectivity index (χ0n) is 6.55. The SMILES string of the molecule is O=C1C2=CC3CC(C2)CC1C3. The molecule has 0 spiro atoms. The number of ketones is 1. The van der Waals surface area contributed by atoms with E-state index >= 15 is 0 Å². The van der Waals surface area contributed by atoms with Gasteiger partial charge in [-0.25, -0.2) is 0 Å². The quantitative estimate of drug-likeness (QED) is 0.513. The lowest BCUT2D eigenvalue weighted by Crippen LogP contribution is -2.38. The van der Waals surface area contributed by atoms with Gasteiger partial charge in [0.05, 0.1) is 0 Å². The lowest BCUT2D eigenvalue weighted by molar-refractivity contribution is -0.124. The van der Waals surface area contributed by atoms with Gasteiger partial charge in [0.25, 0.3) is 0 Å². The molecular weight excluding hydrogens is 136 g/mol. The molecule has 11 heavy (non-hydrogen) atoms. The van der Waals surface area contributed by atoms with Crippen LogP contribution < -0.4 is 0 Å². The third kappa shape index (κ3) is 0.688. The molecule has 0 aromatic heterocycles. The molecule has 58 valence electrons. The number of hydrogen-bond acceptors (Lipinski definition) is 1. The summed E-state index contributed by atoms with van der Waals surface area (Å²) in [7, 11) is 0. The molecule has 4 aliphatic carbocycles. The van der Waals surface area contributed by atoms with Crippen molar-refractivity contribution in [1.82, 2.24) is 0 Å². The van der Waals surface area contributed by atoms with E-state index in [9.17, 15) is 4.79 Å². The topological polar surface area (TPSA) is 17.1 Å². The third-order valence-electron chi connectivity index (χ3n) is 3.47. The van der Waals surface area contributed by atoms with Crippen LogP contribution in [0.1, 0.15) is 25.7 Å². The Morgan fingerprint density at radius 1 is 1.27 bits per heavy atom. The number of allylic oxidation sites excluding steroid dienone is 2. The van der Waals surface area contributed by atoms with Gasteiger partial charge in [-0.05, 0) is 43.1 Å². The third-order valence-corrected chi connectivity index (χ3v) is 3.47. The summed E-state index contributed by atoms with van der Waals surface area (Å²) in [4.78, 5) is 11.5. The maximum Gasteiger partial charge on any atom is 0.161 e. The van der Waals surface area contributed by atoms with Crippen molar-refractivity contribution >= 4 is 5.78 Å². The van der Waals surface area contributed by atoms with E-state index in [1.165, 1.54) is 24.8 Å². The summed E-state index contributed by atoms with van der Waals surface area (Å²) in [5.41, 5.74) is 1.17. The van der Waals surface area contributed by atoms with E-state index in [1.807, 2.05) is 0 Å². The summed E-state index contributed by atoms with van der Waals surface area (Å²) in [6, 6.07) is 0. The van der Waals surface area contributed by atoms with E-state index in [-0.39, 0.29) is 0 Å². The molecule has 1 nitrogen and oxygen atoms in total. The number of rotatable bonds is 0. The van der Waals surface area contributed by atoms with Gasteiger partial charge in [-0.2, -0.15) is 0 Å². The second-order valence-corrected chi connectivity index (χ2v) is 4.29. The first-order chi connectivity index (χ1) is 5.33. The Morgan fingerprint density at radius 2 is 2.18 bits per heavy atom. The molecule has 0 aliphatic heterocycles. The first kappa shape index (κ1) is 5.99. The van der Waals surface area contributed by atoms with Crippen molar-refractivity contribution in [1.29, 1.82) is 0 Å². The van der Waals surface area contributed by atoms with Gasteiger partial charge in [0.2, 0.25) is 0 Å². The Morgan fingerprint density at radius 3 is 2.91 bits per heavy atom. The molecule has 0 aromatic rings. The fourth-order valence-electron chi connectivity index (χ4n) is 3.11. The van der Waals surface area contributed by atoms with Crippen LogP contribution in [0.3, 0.4) is 0 Å². The summed E-state index contributed by atoms with van der Waals surface area (Å²) >= 11 is 0. The van der Waals surface area contributed by atoms with E-state index in [2.05, 4.69) is 6.08 Å². The van der Waals surface area contributed by atoms with Crippen molar-refractivity contribution in [2.45, 2.75) is 25.7 Å². The van der Waals surface area contributed by atoms with Crippen LogP contribution in [0, 0.1) is 17.8 Å². The molecule has 4 bridgehead atoms. The molecule has 0 saturated heterocycles. The fraction of sp³-hybridized carbons (Fsp3) is 0.700. The highest BCUT2D eigenvalue weighted by molar-refractivity contribution is 5.99. The van der Waals surface area contributed by atoms with Gasteiger partial charge < -0.3 is 0 Å². The van der Waals surface area contributed by atoms with E-state index in [0.29, 0.717) is 11.7 Å². The molecule has 0 N–H and O–H groups in total. The molecule has 0 heterocycles. The van der Waals surface area contributed by atoms with Crippen LogP contribution in [-0.4, -0.2) is 5.78 Å². The average Bonchev–Trinajstić information content (AvgIpc) is 1.98. The minimum absolute atomic E-state index is 0.437. The van der Waals surface area contributed by atoms with Gasteiger partial charge in [-0.15, -0.1) is 0 Å². The average molecular weight is 148 g/mol. The van der Waals surface area contributed by atoms with Gasteiger partial charge >= 0.3 is 0 Å². The van der Waals surface area contributed by atoms with E-state index < -0.39 is 0 Å². The van der Waals surface area contributed by atoms with Crippen molar-refractivity contribution in [2.24, 2.45) is 17.8 Å². The summed E-state index contributed by atoms with van der Waals surface area (Å²) in [5.74, 6) is 2.57. The van der Waals surface area contributed by atoms with Crippen molar-refractivity contribution in [3.8, 4) is 0 Å². The molecule has 2 saturated carbocycles. The highest BCUT2D eigenvalue weighted by Gasteiger charge is 2.42. The van der Waals surface area contributed by atoms with Crippen LogP contribution in [0.4, 0.5) is 0 Å². The molecule has 4 aliphatic rings. The summed E-state index contributed by atoms with van der Waals surface area (Å²) < 4.78 is 0. The summed E-state index contributed by atoms with van der Waals surface area (Å²) in [6.07, 6.45) is 7.08. The van der Waals surface area contributed by atoms with Crippen LogP contribution in [0.15, 0.2) is 11.6 Å². The van der Waals surface area contributed by atoms with Crippen LogP contribution in [0.25, 0.3) is 0 Å². The Balaban J connectivity index is 2.11. The van der Waals surface area contributed by atoms with E-state index in [0.717, 1.165) is 18.3 Å². The predicted octanol–water partition coefficient (Wildman–Crippen LogP) is 1.93. The minimum Gasteiger partial charge on any atom is -0.294 e. The maximum absolute atomic E-state index is 11.5. The molecule has 1 heteroatoms. The smallest absolute Gasteiger partial charge is 0.161 e. The number of Topliss-reactive ketones (excluding diaryl/α,β-unsaturated/α-hetero) is 1. The number of hydrogen-bond donors (Lipinski definition) is 0. The predicted molar refractivity (Wildman–Crippen MR) is 42.0 cm³/mol. The van der Waals surface area contributed by atoms with Gasteiger partial charge in [0.1, 0.15) is 0 Å². The lowest BCUT2D eigenvalue weighted by atomic mass is 9.61. The highest BCUT2D eigenvalue weighted by Crippen LogP contribution is 2.48. The molecule has 0 radical (unpaired) electrons. The molecule has 3 atom stereocenters. The molecular formula is C10H12O. The lowest BCUT2D eigenvalue weighted by Gasteiger charge is -2.43. The molecule has 3 unspecified atom stereocenters. The standard InChI is InChI=1S/C10H12O/c11-10-8-2-6-1-7(4-8)5-9(10)3-6/h2,6-7,9H,1,3-5H2. The Kier molecular flexibility index (Phi) is 0.961. The first-order valence-electron chi connectivity index (χ1n) is 4.58. The van der Waals surface area contributed by atoms with Gasteiger partial charge in [0, 0.05) is 5.92 Å². The van der Waals surface area contributed by atoms with Gasteiger partial charge in [-0.3, -0.25) is 4.79 Å². The minimum atomic E-state index is 0.437. The Labute approximate surface area is 66.5 Å². The van der Waals surface area contributed by atoms with E-state index in [4.69, 9.17) is 0 Å². The monoisotopic (exact) mass is 148 g/mol. The molecule has 4 rings (SSSR count). The van der Waals surface area contributed by atoms with Crippen molar-refractivity contribution in [3.05, 3.63) is 11.6 Å². The Bertz CT molecular complexity index is 252. The largest absolute Gasteiger partial charge is 0.294 e. The number of carbonyl (C=O) groups excluding carboxylic acids is 1. The zero-order valence-corrected chi connectivity index (χ0v) is 6.55. The van der Waals surface area contributed by atoms with Gasteiger partial charge in [-0.1, -0.05) is 6.08 Å². The van der Waals surface area contributed by atoms with Crippen LogP contribution in [0.2, 0.25) is 0 Å². The zero-order chi connectivity index (χ0) is 7.42. The summed E-state index contributed by atoms with van der Waals surface area (Å²) in [5, 5.41) is 0. The second-order valence-electron chi connectivity index (χ2n) is 4.29. The van der Waals surface area contributed by atoms with Crippen molar-refractivity contribution in [3.63, 3.8) is 0 Å². The van der Waals surface area contributed by atoms with Crippen molar-refractivity contribution in [2.75, 3.05) is 0 Å².